The summed E-state index contributed by atoms with van der Waals surface area (Å²) in [6, 6.07) is 10.2. The van der Waals surface area contributed by atoms with E-state index in [9.17, 15) is 19.1 Å². The van der Waals surface area contributed by atoms with Crippen LogP contribution < -0.4 is 20.1 Å². The molecule has 0 spiro atoms. The normalized spacial score (nSPS) is 21.2. The Morgan fingerprint density at radius 3 is 2.62 bits per heavy atom. The maximum Gasteiger partial charge on any atom is 0.251 e. The van der Waals surface area contributed by atoms with Crippen LogP contribution in [0.1, 0.15) is 22.3 Å². The number of fused-ring (bicyclic) bond motifs is 1. The second kappa shape index (κ2) is 9.80. The Kier molecular flexibility index (Phi) is 6.67. The molecule has 4 rings (SSSR count). The van der Waals surface area contributed by atoms with Crippen LogP contribution in [0.3, 0.4) is 0 Å². The number of halogens is 1. The summed E-state index contributed by atoms with van der Waals surface area (Å²) in [5.74, 6) is 0.143. The number of carbonyl (C=O) groups excluding carboxylic acids is 2. The van der Waals surface area contributed by atoms with Gasteiger partial charge in [-0.3, -0.25) is 9.59 Å². The zero-order chi connectivity index (χ0) is 22.5. The van der Waals surface area contributed by atoms with Gasteiger partial charge in [-0.15, -0.1) is 0 Å². The van der Waals surface area contributed by atoms with Crippen LogP contribution in [0.4, 0.5) is 4.39 Å². The highest BCUT2D eigenvalue weighted by Gasteiger charge is 2.29. The number of hydrogen-bond donors (Lipinski definition) is 3. The topological polar surface area (TPSA) is 106 Å². The van der Waals surface area contributed by atoms with Gasteiger partial charge in [-0.1, -0.05) is 24.3 Å². The van der Waals surface area contributed by atoms with Crippen LogP contribution in [0.2, 0.25) is 0 Å². The first-order valence-electron chi connectivity index (χ1n) is 10.2. The first-order valence-corrected chi connectivity index (χ1v) is 10.2. The zero-order valence-electron chi connectivity index (χ0n) is 17.1. The number of amides is 2. The molecule has 8 nitrogen and oxygen atoms in total. The molecule has 0 unspecified atom stereocenters. The van der Waals surface area contributed by atoms with Gasteiger partial charge in [-0.25, -0.2) is 4.39 Å². The summed E-state index contributed by atoms with van der Waals surface area (Å²) in [6.45, 7) is 0.0579. The highest BCUT2D eigenvalue weighted by molar-refractivity contribution is 5.95. The second-order valence-corrected chi connectivity index (χ2v) is 7.46. The Hall–Kier alpha value is -3.43. The van der Waals surface area contributed by atoms with Crippen molar-refractivity contribution in [3.63, 3.8) is 0 Å². The van der Waals surface area contributed by atoms with E-state index in [1.54, 1.807) is 42.5 Å². The minimum absolute atomic E-state index is 0.0526. The SMILES string of the molecule is O=C(C[C@H]1C=C[C@@H](NC(=O)c2ccc3c(c2)OCO3)[C@@H](CO)O1)NCc1ccc(F)cc1. The number of hydrogen-bond acceptors (Lipinski definition) is 6. The fourth-order valence-electron chi connectivity index (χ4n) is 3.47. The maximum atomic E-state index is 13.0. The number of aliphatic hydroxyl groups is 1. The molecule has 2 aromatic rings. The monoisotopic (exact) mass is 442 g/mol. The van der Waals surface area contributed by atoms with Gasteiger partial charge < -0.3 is 30.0 Å². The van der Waals surface area contributed by atoms with Crippen LogP contribution in [0.5, 0.6) is 11.5 Å². The Labute approximate surface area is 184 Å². The van der Waals surface area contributed by atoms with Crippen molar-refractivity contribution in [3.05, 3.63) is 71.6 Å². The number of aliphatic hydroxyl groups excluding tert-OH is 1. The second-order valence-electron chi connectivity index (χ2n) is 7.46. The van der Waals surface area contributed by atoms with Crippen molar-refractivity contribution in [1.29, 1.82) is 0 Å². The molecule has 2 aliphatic heterocycles. The van der Waals surface area contributed by atoms with Gasteiger partial charge in [0.05, 0.1) is 25.2 Å². The van der Waals surface area contributed by atoms with E-state index in [-0.39, 0.29) is 44.0 Å². The third kappa shape index (κ3) is 5.24. The van der Waals surface area contributed by atoms with Gasteiger partial charge in [0.2, 0.25) is 12.7 Å². The van der Waals surface area contributed by atoms with Gasteiger partial charge in [0.15, 0.2) is 11.5 Å². The van der Waals surface area contributed by atoms with Crippen molar-refractivity contribution in [2.45, 2.75) is 31.2 Å². The lowest BCUT2D eigenvalue weighted by Crippen LogP contribution is -2.49. The molecule has 9 heteroatoms. The summed E-state index contributed by atoms with van der Waals surface area (Å²) >= 11 is 0. The number of nitrogens with one attached hydrogen (secondary N) is 2. The molecular weight excluding hydrogens is 419 g/mol. The van der Waals surface area contributed by atoms with Crippen LogP contribution in [0, 0.1) is 5.82 Å². The molecule has 3 atom stereocenters. The number of benzene rings is 2. The van der Waals surface area contributed by atoms with Crippen LogP contribution in [0.25, 0.3) is 0 Å². The molecular formula is C23H23FN2O6. The van der Waals surface area contributed by atoms with Crippen LogP contribution in [-0.2, 0) is 16.1 Å². The Morgan fingerprint density at radius 1 is 1.06 bits per heavy atom. The number of rotatable bonds is 7. The summed E-state index contributed by atoms with van der Waals surface area (Å²) in [6.07, 6.45) is 2.21. The van der Waals surface area contributed by atoms with Crippen molar-refractivity contribution in [3.8, 4) is 11.5 Å². The summed E-state index contributed by atoms with van der Waals surface area (Å²) in [4.78, 5) is 24.8. The zero-order valence-corrected chi connectivity index (χ0v) is 17.1. The standard InChI is InChI=1S/C23H23FN2O6/c24-16-4-1-14(2-5-16)11-25-22(28)10-17-6-7-18(21(12-27)32-17)26-23(29)15-3-8-19-20(9-15)31-13-30-19/h1-9,17-18,21,27H,10-13H2,(H,25,28)(H,26,29)/t17-,18-,21-/m1/s1. The first kappa shape index (κ1) is 21.8. The van der Waals surface area contributed by atoms with E-state index in [2.05, 4.69) is 10.6 Å². The molecule has 0 saturated heterocycles. The Bertz CT molecular complexity index is 1010. The lowest BCUT2D eigenvalue weighted by Gasteiger charge is -2.31. The van der Waals surface area contributed by atoms with E-state index < -0.39 is 18.2 Å². The lowest BCUT2D eigenvalue weighted by molar-refractivity contribution is -0.125. The number of ether oxygens (including phenoxy) is 3. The largest absolute Gasteiger partial charge is 0.454 e. The molecule has 0 aromatic heterocycles. The molecule has 0 radical (unpaired) electrons. The Morgan fingerprint density at radius 2 is 1.84 bits per heavy atom. The van der Waals surface area contributed by atoms with Crippen LogP contribution >= 0.6 is 0 Å². The number of carbonyl (C=O) groups is 2. The van der Waals surface area contributed by atoms with Gasteiger partial charge in [-0.2, -0.15) is 0 Å². The molecule has 0 saturated carbocycles. The molecule has 2 aromatic carbocycles. The molecule has 3 N–H and O–H groups in total. The summed E-state index contributed by atoms with van der Waals surface area (Å²) in [7, 11) is 0. The Balaban J connectivity index is 1.30. The summed E-state index contributed by atoms with van der Waals surface area (Å²) < 4.78 is 29.3. The summed E-state index contributed by atoms with van der Waals surface area (Å²) in [5.41, 5.74) is 1.17. The maximum absolute atomic E-state index is 13.0. The van der Waals surface area contributed by atoms with Gasteiger partial charge in [0.1, 0.15) is 11.9 Å². The first-order chi connectivity index (χ1) is 15.5. The lowest BCUT2D eigenvalue weighted by atomic mass is 10.0. The molecule has 2 heterocycles. The van der Waals surface area contributed by atoms with E-state index in [1.165, 1.54) is 12.1 Å². The van der Waals surface area contributed by atoms with Crippen molar-refractivity contribution in [1.82, 2.24) is 10.6 Å². The van der Waals surface area contributed by atoms with Crippen molar-refractivity contribution in [2.24, 2.45) is 0 Å². The molecule has 168 valence electrons. The van der Waals surface area contributed by atoms with Crippen molar-refractivity contribution in [2.75, 3.05) is 13.4 Å². The van der Waals surface area contributed by atoms with Crippen LogP contribution in [0.15, 0.2) is 54.6 Å². The molecule has 32 heavy (non-hydrogen) atoms. The van der Waals surface area contributed by atoms with Gasteiger partial charge >= 0.3 is 0 Å². The van der Waals surface area contributed by atoms with Gasteiger partial charge in [-0.05, 0) is 35.9 Å². The average Bonchev–Trinajstić information content (AvgIpc) is 3.27. The minimum Gasteiger partial charge on any atom is -0.454 e. The van der Waals surface area contributed by atoms with Gasteiger partial charge in [0.25, 0.3) is 5.91 Å². The molecule has 0 bridgehead atoms. The third-order valence-electron chi connectivity index (χ3n) is 5.19. The van der Waals surface area contributed by atoms with E-state index in [0.717, 1.165) is 5.56 Å². The highest BCUT2D eigenvalue weighted by atomic mass is 19.1. The van der Waals surface area contributed by atoms with Crippen molar-refractivity contribution < 1.29 is 33.3 Å². The van der Waals surface area contributed by atoms with Crippen LogP contribution in [-0.4, -0.2) is 48.6 Å². The minimum atomic E-state index is -0.701. The highest BCUT2D eigenvalue weighted by Crippen LogP contribution is 2.32. The predicted octanol–water partition coefficient (Wildman–Crippen LogP) is 1.68. The molecule has 2 amide bonds. The predicted molar refractivity (Wildman–Crippen MR) is 112 cm³/mol. The molecule has 0 fully saturated rings. The van der Waals surface area contributed by atoms with E-state index in [0.29, 0.717) is 17.1 Å². The molecule has 0 aliphatic carbocycles. The smallest absolute Gasteiger partial charge is 0.251 e. The summed E-state index contributed by atoms with van der Waals surface area (Å²) in [5, 5.41) is 15.3. The fraction of sp³-hybridized carbons (Fsp3) is 0.304. The van der Waals surface area contributed by atoms with Gasteiger partial charge in [0, 0.05) is 12.1 Å². The quantitative estimate of drug-likeness (QED) is 0.564. The third-order valence-corrected chi connectivity index (χ3v) is 5.19. The van der Waals surface area contributed by atoms with E-state index >= 15 is 0 Å². The fourth-order valence-corrected chi connectivity index (χ4v) is 3.47. The van der Waals surface area contributed by atoms with E-state index in [1.807, 2.05) is 0 Å². The van der Waals surface area contributed by atoms with E-state index in [4.69, 9.17) is 14.2 Å². The molecule has 2 aliphatic rings. The van der Waals surface area contributed by atoms with Crippen molar-refractivity contribution >= 4 is 11.8 Å². The average molecular weight is 442 g/mol.